The summed E-state index contributed by atoms with van der Waals surface area (Å²) in [6, 6.07) is 10.2. The molecule has 0 spiro atoms. The van der Waals surface area contributed by atoms with Gasteiger partial charge in [0.2, 0.25) is 5.88 Å². The molecular formula is C21H26F3N5O2. The van der Waals surface area contributed by atoms with Crippen molar-refractivity contribution in [3.05, 3.63) is 48.2 Å². The molecule has 2 heterocycles. The average molecular weight is 437 g/mol. The smallest absolute Gasteiger partial charge is 0.421 e. The second kappa shape index (κ2) is 10.2. The van der Waals surface area contributed by atoms with Gasteiger partial charge >= 0.3 is 6.18 Å². The normalized spacial score (nSPS) is 16.9. The number of hydrogen-bond acceptors (Lipinski definition) is 5. The fourth-order valence-corrected chi connectivity index (χ4v) is 3.41. The van der Waals surface area contributed by atoms with Crippen LogP contribution >= 0.6 is 0 Å². The topological polar surface area (TPSA) is 71.0 Å². The number of alkyl halides is 3. The summed E-state index contributed by atoms with van der Waals surface area (Å²) in [5.41, 5.74) is 0.154. The number of anilines is 1. The van der Waals surface area contributed by atoms with Gasteiger partial charge in [0, 0.05) is 32.4 Å². The second-order valence-corrected chi connectivity index (χ2v) is 6.95. The molecule has 7 nitrogen and oxygen atoms in total. The first-order valence-electron chi connectivity index (χ1n) is 9.92. The summed E-state index contributed by atoms with van der Waals surface area (Å²) in [6.45, 7) is 1.94. The minimum Gasteiger partial charge on any atom is -0.495 e. The predicted molar refractivity (Wildman–Crippen MR) is 113 cm³/mol. The Hall–Kier alpha value is -3.17. The van der Waals surface area contributed by atoms with Gasteiger partial charge in [0.1, 0.15) is 17.9 Å². The first-order valence-corrected chi connectivity index (χ1v) is 9.92. The lowest BCUT2D eigenvalue weighted by atomic mass is 10.2. The van der Waals surface area contributed by atoms with Crippen LogP contribution in [-0.4, -0.2) is 57.4 Å². The van der Waals surface area contributed by atoms with Crippen molar-refractivity contribution in [2.45, 2.75) is 18.6 Å². The number of aliphatic imine (C=N–C) groups is 1. The van der Waals surface area contributed by atoms with E-state index in [0.29, 0.717) is 5.96 Å². The molecule has 1 fully saturated rings. The number of halogens is 3. The number of hydrogen-bond donors (Lipinski definition) is 2. The highest BCUT2D eigenvalue weighted by atomic mass is 19.4. The van der Waals surface area contributed by atoms with Crippen molar-refractivity contribution in [2.75, 3.05) is 45.3 Å². The third-order valence-corrected chi connectivity index (χ3v) is 4.89. The maximum absolute atomic E-state index is 13.0. The first-order chi connectivity index (χ1) is 14.9. The van der Waals surface area contributed by atoms with E-state index in [1.54, 1.807) is 14.2 Å². The molecule has 3 rings (SSSR count). The van der Waals surface area contributed by atoms with E-state index in [1.807, 2.05) is 24.3 Å². The van der Waals surface area contributed by atoms with Gasteiger partial charge in [0.15, 0.2) is 5.96 Å². The summed E-state index contributed by atoms with van der Waals surface area (Å²) in [6.07, 6.45) is -2.32. The molecule has 0 radical (unpaired) electrons. The van der Waals surface area contributed by atoms with Crippen LogP contribution in [0.3, 0.4) is 0 Å². The van der Waals surface area contributed by atoms with Crippen molar-refractivity contribution >= 4 is 11.6 Å². The van der Waals surface area contributed by atoms with Crippen LogP contribution in [-0.2, 0) is 6.18 Å². The predicted octanol–water partition coefficient (Wildman–Crippen LogP) is 2.93. The maximum atomic E-state index is 13.0. The van der Waals surface area contributed by atoms with Crippen molar-refractivity contribution in [1.82, 2.24) is 15.6 Å². The first kappa shape index (κ1) is 22.5. The third-order valence-electron chi connectivity index (χ3n) is 4.89. The van der Waals surface area contributed by atoms with E-state index in [4.69, 9.17) is 9.47 Å². The summed E-state index contributed by atoms with van der Waals surface area (Å²) in [5, 5.41) is 6.41. The van der Waals surface area contributed by atoms with Crippen LogP contribution in [0, 0.1) is 0 Å². The molecule has 1 atom stereocenters. The fraction of sp³-hybridized carbons (Fsp3) is 0.429. The Morgan fingerprint density at radius 1 is 1.26 bits per heavy atom. The Morgan fingerprint density at radius 3 is 2.81 bits per heavy atom. The van der Waals surface area contributed by atoms with Gasteiger partial charge < -0.3 is 25.0 Å². The van der Waals surface area contributed by atoms with Gasteiger partial charge in [-0.3, -0.25) is 4.99 Å². The number of benzene rings is 1. The lowest BCUT2D eigenvalue weighted by Gasteiger charge is -2.22. The zero-order valence-electron chi connectivity index (χ0n) is 17.4. The number of nitrogens with zero attached hydrogens (tertiary/aromatic N) is 3. The third kappa shape index (κ3) is 5.93. The van der Waals surface area contributed by atoms with Gasteiger partial charge in [-0.15, -0.1) is 0 Å². The number of guanidine groups is 1. The average Bonchev–Trinajstić information content (AvgIpc) is 3.23. The summed E-state index contributed by atoms with van der Waals surface area (Å²) in [7, 11) is 3.30. The summed E-state index contributed by atoms with van der Waals surface area (Å²) >= 11 is 0. The highest BCUT2D eigenvalue weighted by Gasteiger charge is 2.35. The lowest BCUT2D eigenvalue weighted by molar-refractivity contribution is -0.139. The molecule has 0 amide bonds. The zero-order valence-corrected chi connectivity index (χ0v) is 17.4. The highest BCUT2D eigenvalue weighted by molar-refractivity contribution is 5.80. The van der Waals surface area contributed by atoms with E-state index in [9.17, 15) is 13.2 Å². The molecule has 0 bridgehead atoms. The number of rotatable bonds is 7. The van der Waals surface area contributed by atoms with Gasteiger partial charge in [0.25, 0.3) is 0 Å². The van der Waals surface area contributed by atoms with Crippen LogP contribution in [0.15, 0.2) is 47.6 Å². The van der Waals surface area contributed by atoms with E-state index < -0.39 is 17.6 Å². The molecule has 1 aliphatic heterocycles. The summed E-state index contributed by atoms with van der Waals surface area (Å²) in [4.78, 5) is 10.1. The quantitative estimate of drug-likeness (QED) is 0.394. The van der Waals surface area contributed by atoms with Crippen molar-refractivity contribution in [3.8, 4) is 11.6 Å². The molecule has 0 aliphatic carbocycles. The summed E-state index contributed by atoms with van der Waals surface area (Å²) < 4.78 is 49.6. The van der Waals surface area contributed by atoms with Gasteiger partial charge in [-0.05, 0) is 30.7 Å². The SMILES string of the molecule is CN=C(NCCOc1ncccc1C(F)(F)F)NC1CCN(c2ccccc2OC)C1. The van der Waals surface area contributed by atoms with Gasteiger partial charge in [-0.1, -0.05) is 12.1 Å². The molecule has 2 aromatic rings. The fourth-order valence-electron chi connectivity index (χ4n) is 3.41. The van der Waals surface area contributed by atoms with Crippen LogP contribution < -0.4 is 25.0 Å². The Balaban J connectivity index is 1.47. The molecule has 10 heteroatoms. The second-order valence-electron chi connectivity index (χ2n) is 6.95. The van der Waals surface area contributed by atoms with E-state index >= 15 is 0 Å². The van der Waals surface area contributed by atoms with Crippen molar-refractivity contribution < 1.29 is 22.6 Å². The standard InChI is InChI=1S/C21H26F3N5O2/c1-25-20(27-11-13-31-19-16(21(22,23)24)6-5-10-26-19)28-15-9-12-29(14-15)17-7-3-4-8-18(17)30-2/h3-8,10,15H,9,11-14H2,1-2H3,(H2,25,27,28). The monoisotopic (exact) mass is 437 g/mol. The van der Waals surface area contributed by atoms with E-state index in [0.717, 1.165) is 37.0 Å². The number of nitrogens with one attached hydrogen (secondary N) is 2. The molecule has 1 unspecified atom stereocenters. The number of ether oxygens (including phenoxy) is 2. The van der Waals surface area contributed by atoms with Crippen molar-refractivity contribution in [2.24, 2.45) is 4.99 Å². The van der Waals surface area contributed by atoms with Crippen LogP contribution in [0.5, 0.6) is 11.6 Å². The van der Waals surface area contributed by atoms with E-state index in [-0.39, 0.29) is 19.2 Å². The zero-order chi connectivity index (χ0) is 22.3. The van der Waals surface area contributed by atoms with E-state index in [1.165, 1.54) is 12.3 Å². The molecule has 2 N–H and O–H groups in total. The van der Waals surface area contributed by atoms with Crippen LogP contribution in [0.2, 0.25) is 0 Å². The van der Waals surface area contributed by atoms with Crippen molar-refractivity contribution in [3.63, 3.8) is 0 Å². The molecule has 168 valence electrons. The Labute approximate surface area is 179 Å². The number of pyridine rings is 1. The number of methoxy groups -OCH3 is 1. The number of aromatic nitrogens is 1. The Morgan fingerprint density at radius 2 is 2.06 bits per heavy atom. The van der Waals surface area contributed by atoms with Gasteiger partial charge in [0.05, 0.1) is 19.3 Å². The Bertz CT molecular complexity index is 891. The van der Waals surface area contributed by atoms with Crippen molar-refractivity contribution in [1.29, 1.82) is 0 Å². The number of para-hydroxylation sites is 2. The summed E-state index contributed by atoms with van der Waals surface area (Å²) in [5.74, 6) is 0.964. The lowest BCUT2D eigenvalue weighted by Crippen LogP contribution is -2.45. The molecule has 1 aromatic carbocycles. The van der Waals surface area contributed by atoms with Crippen LogP contribution in [0.1, 0.15) is 12.0 Å². The minimum absolute atomic E-state index is 0.0127. The molecule has 1 saturated heterocycles. The van der Waals surface area contributed by atoms with Gasteiger partial charge in [-0.2, -0.15) is 13.2 Å². The molecule has 31 heavy (non-hydrogen) atoms. The largest absolute Gasteiger partial charge is 0.495 e. The van der Waals surface area contributed by atoms with Crippen LogP contribution in [0.25, 0.3) is 0 Å². The Kier molecular flexibility index (Phi) is 7.43. The molecular weight excluding hydrogens is 411 g/mol. The molecule has 1 aromatic heterocycles. The highest BCUT2D eigenvalue weighted by Crippen LogP contribution is 2.34. The van der Waals surface area contributed by atoms with E-state index in [2.05, 4.69) is 25.5 Å². The van der Waals surface area contributed by atoms with Gasteiger partial charge in [-0.25, -0.2) is 4.98 Å². The minimum atomic E-state index is -4.51. The molecule has 0 saturated carbocycles. The van der Waals surface area contributed by atoms with Crippen LogP contribution in [0.4, 0.5) is 18.9 Å². The molecule has 1 aliphatic rings. The maximum Gasteiger partial charge on any atom is 0.421 e.